The van der Waals surface area contributed by atoms with E-state index in [0.717, 1.165) is 44.8 Å². The minimum atomic E-state index is -0.233. The Hall–Kier alpha value is -7.56. The predicted molar refractivity (Wildman–Crippen MR) is 245 cm³/mol. The van der Waals surface area contributed by atoms with Gasteiger partial charge in [-0.2, -0.15) is 0 Å². The molecular formula is C55H38N4. The predicted octanol–water partition coefficient (Wildman–Crippen LogP) is 14.0. The molecule has 0 aliphatic heterocycles. The zero-order valence-electron chi connectivity index (χ0n) is 32.8. The number of rotatable bonds is 5. The molecule has 0 fully saturated rings. The molecule has 1 aliphatic carbocycles. The molecule has 4 nitrogen and oxygen atoms in total. The lowest BCUT2D eigenvalue weighted by molar-refractivity contribution is 0.663. The molecule has 1 aliphatic rings. The van der Waals surface area contributed by atoms with E-state index in [1.54, 1.807) is 0 Å². The lowest BCUT2D eigenvalue weighted by Crippen LogP contribution is -2.17. The van der Waals surface area contributed by atoms with Crippen molar-refractivity contribution in [2.75, 3.05) is 0 Å². The third kappa shape index (κ3) is 5.03. The highest BCUT2D eigenvalue weighted by molar-refractivity contribution is 6.13. The van der Waals surface area contributed by atoms with Gasteiger partial charge in [-0.15, -0.1) is 0 Å². The fourth-order valence-corrected chi connectivity index (χ4v) is 9.80. The van der Waals surface area contributed by atoms with Crippen molar-refractivity contribution in [3.63, 3.8) is 0 Å². The molecule has 0 bridgehead atoms. The highest BCUT2D eigenvalue weighted by Crippen LogP contribution is 2.53. The van der Waals surface area contributed by atoms with Crippen molar-refractivity contribution in [2.24, 2.45) is 0 Å². The molecule has 0 saturated heterocycles. The van der Waals surface area contributed by atoms with Crippen molar-refractivity contribution in [3.05, 3.63) is 205 Å². The molecule has 8 aromatic carbocycles. The molecular weight excluding hydrogens is 717 g/mol. The van der Waals surface area contributed by atoms with E-state index in [4.69, 9.17) is 9.97 Å². The summed E-state index contributed by atoms with van der Waals surface area (Å²) in [5.41, 5.74) is 16.9. The summed E-state index contributed by atoms with van der Waals surface area (Å²) in [6, 6.07) is 69.8. The molecule has 0 N–H and O–H groups in total. The van der Waals surface area contributed by atoms with Gasteiger partial charge < -0.3 is 4.57 Å². The summed E-state index contributed by atoms with van der Waals surface area (Å²) in [6.45, 7) is 4.72. The Morgan fingerprint density at radius 1 is 0.390 bits per heavy atom. The average molecular weight is 755 g/mol. The lowest BCUT2D eigenvalue weighted by Gasteiger charge is -2.23. The van der Waals surface area contributed by atoms with E-state index in [9.17, 15) is 0 Å². The molecule has 0 spiro atoms. The maximum Gasteiger partial charge on any atom is 0.235 e. The molecule has 3 aromatic heterocycles. The first-order valence-electron chi connectivity index (χ1n) is 20.3. The van der Waals surface area contributed by atoms with Crippen LogP contribution in [0.15, 0.2) is 194 Å². The molecule has 11 aromatic rings. The number of hydrogen-bond donors (Lipinski definition) is 0. The van der Waals surface area contributed by atoms with Gasteiger partial charge in [0.1, 0.15) is 0 Å². The molecule has 0 radical (unpaired) electrons. The molecule has 3 heterocycles. The van der Waals surface area contributed by atoms with E-state index < -0.39 is 0 Å². The minimum Gasteiger partial charge on any atom is -0.309 e. The van der Waals surface area contributed by atoms with Crippen molar-refractivity contribution < 1.29 is 0 Å². The quantitative estimate of drug-likeness (QED) is 0.175. The smallest absolute Gasteiger partial charge is 0.235 e. The largest absolute Gasteiger partial charge is 0.309 e. The van der Waals surface area contributed by atoms with Gasteiger partial charge in [0.15, 0.2) is 0 Å². The van der Waals surface area contributed by atoms with Crippen LogP contribution in [0, 0.1) is 0 Å². The Labute approximate surface area is 342 Å². The highest BCUT2D eigenvalue weighted by atomic mass is 15.2. The normalized spacial score (nSPS) is 13.1. The van der Waals surface area contributed by atoms with Crippen LogP contribution in [0.1, 0.15) is 25.0 Å². The Morgan fingerprint density at radius 3 is 1.71 bits per heavy atom. The number of aromatic nitrogens is 4. The van der Waals surface area contributed by atoms with Crippen LogP contribution in [0.5, 0.6) is 0 Å². The zero-order valence-corrected chi connectivity index (χ0v) is 32.8. The van der Waals surface area contributed by atoms with Gasteiger partial charge in [0, 0.05) is 43.8 Å². The van der Waals surface area contributed by atoms with E-state index in [2.05, 4.69) is 217 Å². The number of benzene rings is 8. The van der Waals surface area contributed by atoms with Gasteiger partial charge >= 0.3 is 0 Å². The van der Waals surface area contributed by atoms with Crippen LogP contribution in [0.25, 0.3) is 100 Å². The zero-order chi connectivity index (χ0) is 39.2. The second kappa shape index (κ2) is 12.7. The molecule has 0 atom stereocenters. The maximum atomic E-state index is 5.56. The van der Waals surface area contributed by atoms with E-state index in [0.29, 0.717) is 5.95 Å². The standard InChI is InChI=1S/C55H38N4/c1-55(2)46-22-12-9-19-40(46)43-30-31-44-41-20-10-14-24-50(41)59(53(44)52(43)55)54-56-47(37-27-25-36(26-28-37)35-15-5-3-6-16-35)34-48(57-54)38-29-32-51-45(33-38)42-21-11-13-23-49(42)58(51)39-17-7-4-8-18-39/h3-34H,1-2H3. The van der Waals surface area contributed by atoms with Gasteiger partial charge in [0.05, 0.1) is 33.5 Å². The molecule has 278 valence electrons. The fourth-order valence-electron chi connectivity index (χ4n) is 9.80. The molecule has 4 heteroatoms. The first kappa shape index (κ1) is 33.6. The van der Waals surface area contributed by atoms with Gasteiger partial charge in [0.25, 0.3) is 0 Å². The van der Waals surface area contributed by atoms with Crippen LogP contribution in [0.4, 0.5) is 0 Å². The summed E-state index contributed by atoms with van der Waals surface area (Å²) >= 11 is 0. The summed E-state index contributed by atoms with van der Waals surface area (Å²) in [5.74, 6) is 0.655. The van der Waals surface area contributed by atoms with Crippen LogP contribution >= 0.6 is 0 Å². The third-order valence-electron chi connectivity index (χ3n) is 12.5. The fraction of sp³-hybridized carbons (Fsp3) is 0.0545. The molecule has 59 heavy (non-hydrogen) atoms. The summed E-state index contributed by atoms with van der Waals surface area (Å²) in [5, 5.41) is 4.79. The average Bonchev–Trinajstić information content (AvgIpc) is 3.89. The van der Waals surface area contributed by atoms with Gasteiger partial charge in [-0.1, -0.05) is 166 Å². The number of hydrogen-bond acceptors (Lipinski definition) is 2. The van der Waals surface area contributed by atoms with Crippen molar-refractivity contribution in [1.29, 1.82) is 0 Å². The molecule has 0 amide bonds. The van der Waals surface area contributed by atoms with Crippen LogP contribution < -0.4 is 0 Å². The van der Waals surface area contributed by atoms with Crippen molar-refractivity contribution in [1.82, 2.24) is 19.1 Å². The molecule has 12 rings (SSSR count). The van der Waals surface area contributed by atoms with Crippen LogP contribution in [0.3, 0.4) is 0 Å². The summed E-state index contributed by atoms with van der Waals surface area (Å²) in [4.78, 5) is 11.1. The Balaban J connectivity index is 1.13. The Morgan fingerprint density at radius 2 is 0.949 bits per heavy atom. The maximum absolute atomic E-state index is 5.56. The summed E-state index contributed by atoms with van der Waals surface area (Å²) < 4.78 is 4.69. The van der Waals surface area contributed by atoms with E-state index in [1.807, 2.05) is 0 Å². The van der Waals surface area contributed by atoms with Crippen molar-refractivity contribution in [3.8, 4) is 56.4 Å². The van der Waals surface area contributed by atoms with E-state index in [-0.39, 0.29) is 5.41 Å². The monoisotopic (exact) mass is 754 g/mol. The van der Waals surface area contributed by atoms with Gasteiger partial charge in [-0.25, -0.2) is 9.97 Å². The van der Waals surface area contributed by atoms with E-state index >= 15 is 0 Å². The first-order valence-corrected chi connectivity index (χ1v) is 20.3. The number of para-hydroxylation sites is 3. The minimum absolute atomic E-state index is 0.233. The van der Waals surface area contributed by atoms with Crippen LogP contribution in [-0.2, 0) is 5.41 Å². The highest BCUT2D eigenvalue weighted by Gasteiger charge is 2.38. The second-order valence-electron chi connectivity index (χ2n) is 16.2. The van der Waals surface area contributed by atoms with Gasteiger partial charge in [0.2, 0.25) is 5.95 Å². The number of fused-ring (bicyclic) bond motifs is 10. The van der Waals surface area contributed by atoms with Gasteiger partial charge in [-0.3, -0.25) is 4.57 Å². The van der Waals surface area contributed by atoms with Crippen molar-refractivity contribution >= 4 is 43.6 Å². The Bertz CT molecular complexity index is 3440. The van der Waals surface area contributed by atoms with Crippen molar-refractivity contribution in [2.45, 2.75) is 19.3 Å². The lowest BCUT2D eigenvalue weighted by atomic mass is 9.81. The topological polar surface area (TPSA) is 35.6 Å². The molecule has 0 unspecified atom stereocenters. The summed E-state index contributed by atoms with van der Waals surface area (Å²) in [6.07, 6.45) is 0. The van der Waals surface area contributed by atoms with Crippen LogP contribution in [0.2, 0.25) is 0 Å². The van der Waals surface area contributed by atoms with Gasteiger partial charge in [-0.05, 0) is 75.8 Å². The molecule has 0 saturated carbocycles. The van der Waals surface area contributed by atoms with Crippen LogP contribution in [-0.4, -0.2) is 19.1 Å². The summed E-state index contributed by atoms with van der Waals surface area (Å²) in [7, 11) is 0. The van der Waals surface area contributed by atoms with E-state index in [1.165, 1.54) is 60.4 Å². The third-order valence-corrected chi connectivity index (χ3v) is 12.5. The Kier molecular flexibility index (Phi) is 7.24. The first-order chi connectivity index (χ1) is 29.0. The second-order valence-corrected chi connectivity index (χ2v) is 16.2. The SMILES string of the molecule is CC1(C)c2ccccc2-c2ccc3c4ccccc4n(-c4nc(-c5ccc(-c6ccccc6)cc5)cc(-c5ccc6c(c5)c5ccccc5n6-c5ccccc5)n4)c3c21. The number of nitrogens with zero attached hydrogens (tertiary/aromatic N) is 4.